The van der Waals surface area contributed by atoms with Crippen LogP contribution in [-0.4, -0.2) is 35.7 Å². The van der Waals surface area contributed by atoms with Crippen LogP contribution in [0.15, 0.2) is 72.8 Å². The van der Waals surface area contributed by atoms with E-state index >= 15 is 0 Å². The fraction of sp³-hybridized carbons (Fsp3) is 0.250. The number of carboxylic acids is 1. The number of aliphatic carboxylic acids is 1. The summed E-state index contributed by atoms with van der Waals surface area (Å²) in [5, 5.41) is 14.6. The first kappa shape index (κ1) is 24.0. The molecule has 3 aromatic rings. The molecule has 1 aliphatic carbocycles. The van der Waals surface area contributed by atoms with Crippen LogP contribution in [0.25, 0.3) is 11.1 Å². The number of nitrogens with one attached hydrogen (secondary N) is 2. The summed E-state index contributed by atoms with van der Waals surface area (Å²) < 4.78 is 5.54. The number of hydrogen-bond acceptors (Lipinski definition) is 4. The number of rotatable bonds is 6. The molecular weight excluding hydrogens is 444 g/mol. The van der Waals surface area contributed by atoms with E-state index in [0.717, 1.165) is 22.3 Å². The van der Waals surface area contributed by atoms with Gasteiger partial charge in [0.2, 0.25) is 0 Å². The lowest BCUT2D eigenvalue weighted by Crippen LogP contribution is -2.49. The summed E-state index contributed by atoms with van der Waals surface area (Å²) in [7, 11) is 0. The number of ether oxygens (including phenoxy) is 1. The number of anilines is 1. The van der Waals surface area contributed by atoms with Crippen LogP contribution in [-0.2, 0) is 9.53 Å². The molecule has 0 bridgehead atoms. The molecule has 180 valence electrons. The van der Waals surface area contributed by atoms with E-state index in [1.54, 1.807) is 32.9 Å². The van der Waals surface area contributed by atoms with Crippen LogP contribution in [0.3, 0.4) is 0 Å². The average Bonchev–Trinajstić information content (AvgIpc) is 3.14. The van der Waals surface area contributed by atoms with Crippen molar-refractivity contribution in [2.45, 2.75) is 32.7 Å². The molecule has 2 amide bonds. The highest BCUT2D eigenvalue weighted by molar-refractivity contribution is 5.97. The Morgan fingerprint density at radius 1 is 0.886 bits per heavy atom. The highest BCUT2D eigenvalue weighted by Gasteiger charge is 2.33. The molecule has 0 spiro atoms. The van der Waals surface area contributed by atoms with E-state index in [4.69, 9.17) is 4.74 Å². The maximum Gasteiger partial charge on any atom is 0.411 e. The van der Waals surface area contributed by atoms with Gasteiger partial charge in [-0.15, -0.1) is 0 Å². The van der Waals surface area contributed by atoms with Crippen LogP contribution in [0.2, 0.25) is 0 Å². The predicted molar refractivity (Wildman–Crippen MR) is 133 cm³/mol. The minimum absolute atomic E-state index is 0.0378. The second kappa shape index (κ2) is 9.62. The smallest absolute Gasteiger partial charge is 0.411 e. The lowest BCUT2D eigenvalue weighted by atomic mass is 9.86. The Balaban J connectivity index is 1.37. The van der Waals surface area contributed by atoms with Crippen LogP contribution in [0.5, 0.6) is 0 Å². The Bertz CT molecular complexity index is 1220. The third-order valence-corrected chi connectivity index (χ3v) is 6.13. The summed E-state index contributed by atoms with van der Waals surface area (Å²) >= 11 is 0. The number of hydrogen-bond donors (Lipinski definition) is 3. The number of carbonyl (C=O) groups excluding carboxylic acids is 2. The van der Waals surface area contributed by atoms with Gasteiger partial charge in [-0.1, -0.05) is 69.3 Å². The summed E-state index contributed by atoms with van der Waals surface area (Å²) in [4.78, 5) is 36.5. The Kier molecular flexibility index (Phi) is 6.60. The van der Waals surface area contributed by atoms with E-state index in [1.807, 2.05) is 24.3 Å². The number of fused-ring (bicyclic) bond motifs is 3. The topological polar surface area (TPSA) is 105 Å². The van der Waals surface area contributed by atoms with Gasteiger partial charge in [-0.2, -0.15) is 0 Å². The van der Waals surface area contributed by atoms with Crippen molar-refractivity contribution in [2.75, 3.05) is 11.9 Å². The van der Waals surface area contributed by atoms with Crippen LogP contribution in [0, 0.1) is 5.41 Å². The lowest BCUT2D eigenvalue weighted by Gasteiger charge is -2.27. The van der Waals surface area contributed by atoms with Crippen LogP contribution >= 0.6 is 0 Å². The minimum atomic E-state index is -1.10. The molecule has 1 atom stereocenters. The van der Waals surface area contributed by atoms with E-state index in [0.29, 0.717) is 11.3 Å². The average molecular weight is 473 g/mol. The van der Waals surface area contributed by atoms with Crippen molar-refractivity contribution >= 4 is 23.7 Å². The molecule has 3 N–H and O–H groups in total. The van der Waals surface area contributed by atoms with Gasteiger partial charge in [0.1, 0.15) is 12.6 Å². The van der Waals surface area contributed by atoms with Gasteiger partial charge in [0.25, 0.3) is 5.91 Å². The van der Waals surface area contributed by atoms with E-state index < -0.39 is 29.4 Å². The highest BCUT2D eigenvalue weighted by Crippen LogP contribution is 2.44. The summed E-state index contributed by atoms with van der Waals surface area (Å²) in [6.45, 7) is 5.43. The Morgan fingerprint density at radius 2 is 1.43 bits per heavy atom. The minimum Gasteiger partial charge on any atom is -0.480 e. The summed E-state index contributed by atoms with van der Waals surface area (Å²) in [5.74, 6) is -1.64. The molecule has 4 rings (SSSR count). The predicted octanol–water partition coefficient (Wildman–Crippen LogP) is 5.28. The molecular formula is C28H28N2O5. The largest absolute Gasteiger partial charge is 0.480 e. The van der Waals surface area contributed by atoms with Crippen molar-refractivity contribution in [2.24, 2.45) is 5.41 Å². The monoisotopic (exact) mass is 472 g/mol. The summed E-state index contributed by atoms with van der Waals surface area (Å²) in [6.07, 6.45) is -0.595. The standard InChI is InChI=1S/C28H28N2O5/c1-28(2,3)24(26(32)33)30-25(31)17-12-14-18(15-13-17)29-27(34)35-16-23-21-10-6-4-8-19(21)20-9-5-7-11-22(20)23/h4-15,23-24H,16H2,1-3H3,(H,29,34)(H,30,31)(H,32,33)/t24-/m0/s1. The molecule has 0 saturated carbocycles. The third kappa shape index (κ3) is 5.19. The van der Waals surface area contributed by atoms with Crippen molar-refractivity contribution in [3.63, 3.8) is 0 Å². The molecule has 0 heterocycles. The van der Waals surface area contributed by atoms with Gasteiger partial charge in [-0.3, -0.25) is 10.1 Å². The van der Waals surface area contributed by atoms with Gasteiger partial charge in [-0.25, -0.2) is 9.59 Å². The van der Waals surface area contributed by atoms with Gasteiger partial charge >= 0.3 is 12.1 Å². The van der Waals surface area contributed by atoms with Gasteiger partial charge in [0.05, 0.1) is 0 Å². The van der Waals surface area contributed by atoms with Gasteiger partial charge < -0.3 is 15.2 Å². The van der Waals surface area contributed by atoms with Crippen molar-refractivity contribution in [3.8, 4) is 11.1 Å². The molecule has 3 aromatic carbocycles. The molecule has 1 aliphatic rings. The SMILES string of the molecule is CC(C)(C)[C@@H](NC(=O)c1ccc(NC(=O)OCC2c3ccccc3-c3ccccc32)cc1)C(=O)O. The molecule has 0 radical (unpaired) electrons. The normalized spacial score (nSPS) is 13.3. The summed E-state index contributed by atoms with van der Waals surface area (Å²) in [5.41, 5.74) is 4.68. The van der Waals surface area contributed by atoms with E-state index in [-0.39, 0.29) is 12.5 Å². The maximum absolute atomic E-state index is 12.5. The molecule has 0 saturated heterocycles. The Hall–Kier alpha value is -4.13. The lowest BCUT2D eigenvalue weighted by molar-refractivity contribution is -0.142. The van der Waals surface area contributed by atoms with Gasteiger partial charge in [0, 0.05) is 17.2 Å². The highest BCUT2D eigenvalue weighted by atomic mass is 16.5. The van der Waals surface area contributed by atoms with Gasteiger partial charge in [0.15, 0.2) is 0 Å². The van der Waals surface area contributed by atoms with E-state index in [9.17, 15) is 19.5 Å². The first-order valence-corrected chi connectivity index (χ1v) is 11.4. The van der Waals surface area contributed by atoms with Crippen molar-refractivity contribution < 1.29 is 24.2 Å². The molecule has 7 heteroatoms. The zero-order valence-corrected chi connectivity index (χ0v) is 19.9. The van der Waals surface area contributed by atoms with Crippen LogP contribution in [0.4, 0.5) is 10.5 Å². The Labute approximate surface area is 204 Å². The second-order valence-corrected chi connectivity index (χ2v) is 9.64. The summed E-state index contributed by atoms with van der Waals surface area (Å²) in [6, 6.07) is 21.4. The van der Waals surface area contributed by atoms with E-state index in [1.165, 1.54) is 12.1 Å². The molecule has 35 heavy (non-hydrogen) atoms. The molecule has 7 nitrogen and oxygen atoms in total. The first-order chi connectivity index (χ1) is 16.6. The maximum atomic E-state index is 12.5. The second-order valence-electron chi connectivity index (χ2n) is 9.64. The van der Waals surface area contributed by atoms with Crippen molar-refractivity contribution in [1.29, 1.82) is 0 Å². The zero-order valence-electron chi connectivity index (χ0n) is 19.9. The number of benzene rings is 3. The fourth-order valence-corrected chi connectivity index (χ4v) is 4.32. The number of amides is 2. The van der Waals surface area contributed by atoms with E-state index in [2.05, 4.69) is 34.9 Å². The number of carbonyl (C=O) groups is 3. The first-order valence-electron chi connectivity index (χ1n) is 11.4. The molecule has 0 unspecified atom stereocenters. The van der Waals surface area contributed by atoms with Gasteiger partial charge in [-0.05, 0) is 51.9 Å². The van der Waals surface area contributed by atoms with Crippen molar-refractivity contribution in [1.82, 2.24) is 5.32 Å². The van der Waals surface area contributed by atoms with Crippen molar-refractivity contribution in [3.05, 3.63) is 89.5 Å². The quantitative estimate of drug-likeness (QED) is 0.453. The Morgan fingerprint density at radius 3 is 1.94 bits per heavy atom. The van der Waals surface area contributed by atoms with Crippen LogP contribution < -0.4 is 10.6 Å². The number of carboxylic acid groups (broad SMARTS) is 1. The van der Waals surface area contributed by atoms with Crippen LogP contribution in [0.1, 0.15) is 48.2 Å². The molecule has 0 fully saturated rings. The fourth-order valence-electron chi connectivity index (χ4n) is 4.32. The zero-order chi connectivity index (χ0) is 25.2. The third-order valence-electron chi connectivity index (χ3n) is 6.13. The molecule has 0 aromatic heterocycles. The molecule has 0 aliphatic heterocycles.